The fraction of sp³-hybridized carbons (Fsp3) is 0.333. The molecule has 0 aliphatic carbocycles. The molecule has 2 rings (SSSR count). The highest BCUT2D eigenvalue weighted by Gasteiger charge is 2.15. The molecule has 2 atom stereocenters. The third-order valence-electron chi connectivity index (χ3n) is 3.71. The van der Waals surface area contributed by atoms with Crippen LogP contribution in [-0.2, 0) is 0 Å². The van der Waals surface area contributed by atoms with E-state index in [1.165, 1.54) is 21.2 Å². The maximum Gasteiger partial charge on any atom is 0.0323 e. The van der Waals surface area contributed by atoms with Gasteiger partial charge in [0.05, 0.1) is 0 Å². The molecule has 0 heterocycles. The van der Waals surface area contributed by atoms with E-state index in [0.29, 0.717) is 12.1 Å². The number of hydrogen-bond acceptors (Lipinski definition) is 1. The highest BCUT2D eigenvalue weighted by atomic mass is 79.9. The van der Waals surface area contributed by atoms with Gasteiger partial charge in [-0.05, 0) is 37.5 Å². The molecule has 1 N–H and O–H groups in total. The Hall–Kier alpha value is -1.12. The molecule has 20 heavy (non-hydrogen) atoms. The second-order valence-corrected chi connectivity index (χ2v) is 6.14. The van der Waals surface area contributed by atoms with Gasteiger partial charge in [0.15, 0.2) is 0 Å². The van der Waals surface area contributed by atoms with E-state index < -0.39 is 0 Å². The van der Waals surface area contributed by atoms with Crippen molar-refractivity contribution in [1.29, 1.82) is 0 Å². The third kappa shape index (κ3) is 3.71. The summed E-state index contributed by atoms with van der Waals surface area (Å²) >= 11 is 3.63. The van der Waals surface area contributed by atoms with Crippen LogP contribution < -0.4 is 5.32 Å². The van der Waals surface area contributed by atoms with Crippen LogP contribution in [0.1, 0.15) is 49.0 Å². The van der Waals surface area contributed by atoms with Gasteiger partial charge in [-0.3, -0.25) is 0 Å². The summed E-state index contributed by atoms with van der Waals surface area (Å²) in [6.07, 6.45) is 1.08. The SMILES string of the molecule is CCC(N[C@@H](C)c1ccccc1Br)c1ccc(C)cc1. The summed E-state index contributed by atoms with van der Waals surface area (Å²) in [5, 5.41) is 3.73. The average Bonchev–Trinajstić information content (AvgIpc) is 2.46. The number of benzene rings is 2. The molecule has 0 saturated heterocycles. The Bertz CT molecular complexity index is 548. The molecule has 0 spiro atoms. The molecule has 2 aromatic rings. The molecular weight excluding hydrogens is 310 g/mol. The van der Waals surface area contributed by atoms with E-state index in [9.17, 15) is 0 Å². The monoisotopic (exact) mass is 331 g/mol. The second-order valence-electron chi connectivity index (χ2n) is 5.28. The zero-order chi connectivity index (χ0) is 14.5. The summed E-state index contributed by atoms with van der Waals surface area (Å²) in [6.45, 7) is 6.57. The number of halogens is 1. The first kappa shape index (κ1) is 15.3. The van der Waals surface area contributed by atoms with Crippen LogP contribution in [0.25, 0.3) is 0 Å². The molecule has 2 heteroatoms. The van der Waals surface area contributed by atoms with Crippen LogP contribution in [0.4, 0.5) is 0 Å². The zero-order valence-electron chi connectivity index (χ0n) is 12.4. The quantitative estimate of drug-likeness (QED) is 0.756. The molecule has 0 saturated carbocycles. The van der Waals surface area contributed by atoms with E-state index in [-0.39, 0.29) is 0 Å². The van der Waals surface area contributed by atoms with Gasteiger partial charge in [-0.15, -0.1) is 0 Å². The molecule has 0 bridgehead atoms. The van der Waals surface area contributed by atoms with E-state index in [1.807, 2.05) is 0 Å². The Morgan fingerprint density at radius 2 is 1.70 bits per heavy atom. The summed E-state index contributed by atoms with van der Waals surface area (Å²) < 4.78 is 1.17. The van der Waals surface area contributed by atoms with Crippen molar-refractivity contribution in [1.82, 2.24) is 5.32 Å². The molecule has 1 unspecified atom stereocenters. The van der Waals surface area contributed by atoms with Crippen molar-refractivity contribution in [3.05, 3.63) is 69.7 Å². The molecule has 0 fully saturated rings. The average molecular weight is 332 g/mol. The summed E-state index contributed by atoms with van der Waals surface area (Å²) in [7, 11) is 0. The maximum atomic E-state index is 3.73. The lowest BCUT2D eigenvalue weighted by atomic mass is 10.0. The Morgan fingerprint density at radius 1 is 1.05 bits per heavy atom. The first-order chi connectivity index (χ1) is 9.61. The number of rotatable bonds is 5. The van der Waals surface area contributed by atoms with Crippen LogP contribution in [0.3, 0.4) is 0 Å². The normalized spacial score (nSPS) is 14.0. The van der Waals surface area contributed by atoms with Crippen LogP contribution >= 0.6 is 15.9 Å². The van der Waals surface area contributed by atoms with E-state index in [0.717, 1.165) is 6.42 Å². The topological polar surface area (TPSA) is 12.0 Å². The van der Waals surface area contributed by atoms with Crippen molar-refractivity contribution >= 4 is 15.9 Å². The van der Waals surface area contributed by atoms with Crippen LogP contribution in [0, 0.1) is 6.92 Å². The van der Waals surface area contributed by atoms with Gasteiger partial charge >= 0.3 is 0 Å². The van der Waals surface area contributed by atoms with Gasteiger partial charge in [0.2, 0.25) is 0 Å². The van der Waals surface area contributed by atoms with E-state index in [2.05, 4.69) is 90.5 Å². The molecule has 0 aromatic heterocycles. The minimum atomic E-state index is 0.317. The maximum absolute atomic E-state index is 3.73. The van der Waals surface area contributed by atoms with Crippen LogP contribution in [-0.4, -0.2) is 0 Å². The van der Waals surface area contributed by atoms with Gasteiger partial charge < -0.3 is 5.32 Å². The first-order valence-electron chi connectivity index (χ1n) is 7.19. The molecule has 1 nitrogen and oxygen atoms in total. The Morgan fingerprint density at radius 3 is 2.30 bits per heavy atom. The van der Waals surface area contributed by atoms with Gasteiger partial charge in [0.25, 0.3) is 0 Å². The van der Waals surface area contributed by atoms with Gasteiger partial charge in [-0.2, -0.15) is 0 Å². The van der Waals surface area contributed by atoms with Gasteiger partial charge in [0, 0.05) is 16.6 Å². The summed E-state index contributed by atoms with van der Waals surface area (Å²) in [5.74, 6) is 0. The van der Waals surface area contributed by atoms with Crippen molar-refractivity contribution in [3.63, 3.8) is 0 Å². The van der Waals surface area contributed by atoms with Gasteiger partial charge in [-0.25, -0.2) is 0 Å². The predicted octanol–water partition coefficient (Wildman–Crippen LogP) is 5.56. The summed E-state index contributed by atoms with van der Waals surface area (Å²) in [5.41, 5.74) is 3.97. The zero-order valence-corrected chi connectivity index (χ0v) is 13.9. The number of nitrogens with one attached hydrogen (secondary N) is 1. The van der Waals surface area contributed by atoms with E-state index in [4.69, 9.17) is 0 Å². The fourth-order valence-corrected chi connectivity index (χ4v) is 3.09. The van der Waals surface area contributed by atoms with Crippen molar-refractivity contribution < 1.29 is 0 Å². The molecule has 0 amide bonds. The lowest BCUT2D eigenvalue weighted by Gasteiger charge is -2.24. The first-order valence-corrected chi connectivity index (χ1v) is 7.98. The summed E-state index contributed by atoms with van der Waals surface area (Å²) in [6, 6.07) is 17.9. The largest absolute Gasteiger partial charge is 0.303 e. The second kappa shape index (κ2) is 7.05. The Labute approximate surface area is 130 Å². The van der Waals surface area contributed by atoms with Crippen LogP contribution in [0.2, 0.25) is 0 Å². The van der Waals surface area contributed by atoms with E-state index >= 15 is 0 Å². The lowest BCUT2D eigenvalue weighted by Crippen LogP contribution is -2.24. The molecule has 2 aromatic carbocycles. The molecule has 0 radical (unpaired) electrons. The smallest absolute Gasteiger partial charge is 0.0323 e. The summed E-state index contributed by atoms with van der Waals surface area (Å²) in [4.78, 5) is 0. The van der Waals surface area contributed by atoms with Gasteiger partial charge in [-0.1, -0.05) is 70.9 Å². The highest BCUT2D eigenvalue weighted by Crippen LogP contribution is 2.26. The Balaban J connectivity index is 2.14. The third-order valence-corrected chi connectivity index (χ3v) is 4.43. The standard InChI is InChI=1S/C18H22BrN/c1-4-18(15-11-9-13(2)10-12-15)20-14(3)16-7-5-6-8-17(16)19/h5-12,14,18,20H,4H2,1-3H3/t14-,18?/m0/s1. The van der Waals surface area contributed by atoms with Crippen molar-refractivity contribution in [2.45, 2.75) is 39.3 Å². The van der Waals surface area contributed by atoms with Gasteiger partial charge in [0.1, 0.15) is 0 Å². The van der Waals surface area contributed by atoms with Crippen LogP contribution in [0.5, 0.6) is 0 Å². The minimum Gasteiger partial charge on any atom is -0.303 e. The fourth-order valence-electron chi connectivity index (χ4n) is 2.47. The number of hydrogen-bond donors (Lipinski definition) is 1. The highest BCUT2D eigenvalue weighted by molar-refractivity contribution is 9.10. The molecule has 0 aliphatic rings. The Kier molecular flexibility index (Phi) is 5.38. The predicted molar refractivity (Wildman–Crippen MR) is 89.9 cm³/mol. The lowest BCUT2D eigenvalue weighted by molar-refractivity contribution is 0.455. The molecular formula is C18H22BrN. The van der Waals surface area contributed by atoms with E-state index in [1.54, 1.807) is 0 Å². The van der Waals surface area contributed by atoms with Crippen molar-refractivity contribution in [2.24, 2.45) is 0 Å². The van der Waals surface area contributed by atoms with Crippen LogP contribution in [0.15, 0.2) is 53.0 Å². The van der Waals surface area contributed by atoms with Crippen molar-refractivity contribution in [2.75, 3.05) is 0 Å². The van der Waals surface area contributed by atoms with Crippen molar-refractivity contribution in [3.8, 4) is 0 Å². The molecule has 106 valence electrons. The molecule has 0 aliphatic heterocycles. The minimum absolute atomic E-state index is 0.317. The number of aryl methyl sites for hydroxylation is 1.